The Morgan fingerprint density at radius 3 is 2.31 bits per heavy atom. The maximum Gasteiger partial charge on any atom is 0.0226 e. The molecule has 13 heavy (non-hydrogen) atoms. The van der Waals surface area contributed by atoms with Crippen molar-refractivity contribution in [2.75, 3.05) is 13.1 Å². The Balaban J connectivity index is 1.96. The Hall–Kier alpha value is -0.0800. The SMILES string of the molecule is C[C@@H]1CC[C@@H](C)N1[C@@H]1CCCNC1. The molecule has 0 saturated carbocycles. The first-order valence-electron chi connectivity index (χ1n) is 5.77. The molecule has 0 unspecified atom stereocenters. The summed E-state index contributed by atoms with van der Waals surface area (Å²) < 4.78 is 0. The molecule has 0 aromatic heterocycles. The largest absolute Gasteiger partial charge is 0.315 e. The van der Waals surface area contributed by atoms with Crippen LogP contribution in [0.1, 0.15) is 39.5 Å². The van der Waals surface area contributed by atoms with Crippen molar-refractivity contribution in [3.63, 3.8) is 0 Å². The molecule has 0 bridgehead atoms. The van der Waals surface area contributed by atoms with Crippen molar-refractivity contribution in [1.82, 2.24) is 10.2 Å². The van der Waals surface area contributed by atoms with Crippen LogP contribution in [-0.4, -0.2) is 36.1 Å². The van der Waals surface area contributed by atoms with Gasteiger partial charge in [-0.25, -0.2) is 0 Å². The van der Waals surface area contributed by atoms with E-state index >= 15 is 0 Å². The van der Waals surface area contributed by atoms with Crippen molar-refractivity contribution >= 4 is 0 Å². The van der Waals surface area contributed by atoms with Crippen LogP contribution in [0, 0.1) is 0 Å². The van der Waals surface area contributed by atoms with Gasteiger partial charge in [-0.2, -0.15) is 0 Å². The van der Waals surface area contributed by atoms with Crippen LogP contribution in [-0.2, 0) is 0 Å². The molecule has 2 rings (SSSR count). The Labute approximate surface area is 81.7 Å². The van der Waals surface area contributed by atoms with Gasteiger partial charge in [0.2, 0.25) is 0 Å². The van der Waals surface area contributed by atoms with Gasteiger partial charge in [0.25, 0.3) is 0 Å². The minimum atomic E-state index is 0.819. The maximum absolute atomic E-state index is 3.51. The first kappa shape index (κ1) is 9.47. The monoisotopic (exact) mass is 182 g/mol. The second kappa shape index (κ2) is 3.97. The van der Waals surface area contributed by atoms with E-state index in [2.05, 4.69) is 24.1 Å². The fourth-order valence-corrected chi connectivity index (χ4v) is 3.02. The number of likely N-dealkylation sites (tertiary alicyclic amines) is 1. The Bertz CT molecular complexity index is 153. The van der Waals surface area contributed by atoms with Crippen LogP contribution in [0.4, 0.5) is 0 Å². The smallest absolute Gasteiger partial charge is 0.0226 e. The molecular formula is C11H22N2. The summed E-state index contributed by atoms with van der Waals surface area (Å²) >= 11 is 0. The standard InChI is InChI=1S/C11H22N2/c1-9-5-6-10(2)13(9)11-4-3-7-12-8-11/h9-12H,3-8H2,1-2H3/t9-,10-,11-/m1/s1. The molecule has 2 fully saturated rings. The van der Waals surface area contributed by atoms with E-state index in [-0.39, 0.29) is 0 Å². The average Bonchev–Trinajstić information content (AvgIpc) is 2.48. The highest BCUT2D eigenvalue weighted by Gasteiger charge is 2.33. The van der Waals surface area contributed by atoms with E-state index in [1.54, 1.807) is 0 Å². The summed E-state index contributed by atoms with van der Waals surface area (Å²) in [6.45, 7) is 7.22. The van der Waals surface area contributed by atoms with Crippen LogP contribution < -0.4 is 5.32 Å². The highest BCUT2D eigenvalue weighted by atomic mass is 15.2. The molecule has 0 radical (unpaired) electrons. The number of nitrogens with zero attached hydrogens (tertiary/aromatic N) is 1. The Morgan fingerprint density at radius 2 is 1.77 bits per heavy atom. The molecule has 0 aromatic rings. The van der Waals surface area contributed by atoms with Crippen LogP contribution in [0.3, 0.4) is 0 Å². The summed E-state index contributed by atoms with van der Waals surface area (Å²) in [6, 6.07) is 2.46. The molecule has 2 heterocycles. The minimum absolute atomic E-state index is 0.819. The van der Waals surface area contributed by atoms with Crippen molar-refractivity contribution in [3.8, 4) is 0 Å². The fourth-order valence-electron chi connectivity index (χ4n) is 3.02. The lowest BCUT2D eigenvalue weighted by Crippen LogP contribution is -2.49. The first-order valence-corrected chi connectivity index (χ1v) is 5.77. The number of hydrogen-bond acceptors (Lipinski definition) is 2. The molecule has 2 nitrogen and oxygen atoms in total. The van der Waals surface area contributed by atoms with Crippen LogP contribution in [0.2, 0.25) is 0 Å². The molecule has 2 aliphatic heterocycles. The summed E-state index contributed by atoms with van der Waals surface area (Å²) in [7, 11) is 0. The third-order valence-corrected chi connectivity index (χ3v) is 3.71. The predicted octanol–water partition coefficient (Wildman–Crippen LogP) is 1.61. The van der Waals surface area contributed by atoms with Crippen molar-refractivity contribution in [2.45, 2.75) is 57.7 Å². The van der Waals surface area contributed by atoms with Gasteiger partial charge in [-0.1, -0.05) is 0 Å². The normalized spacial score (nSPS) is 42.5. The van der Waals surface area contributed by atoms with Gasteiger partial charge in [0.05, 0.1) is 0 Å². The lowest BCUT2D eigenvalue weighted by atomic mass is 10.0. The number of nitrogens with one attached hydrogen (secondary N) is 1. The van der Waals surface area contributed by atoms with E-state index < -0.39 is 0 Å². The summed E-state index contributed by atoms with van der Waals surface area (Å²) in [5.41, 5.74) is 0. The van der Waals surface area contributed by atoms with Gasteiger partial charge >= 0.3 is 0 Å². The van der Waals surface area contributed by atoms with Gasteiger partial charge < -0.3 is 5.32 Å². The zero-order chi connectivity index (χ0) is 9.26. The molecule has 2 aliphatic rings. The van der Waals surface area contributed by atoms with E-state index in [9.17, 15) is 0 Å². The molecule has 2 heteroatoms. The van der Waals surface area contributed by atoms with Crippen LogP contribution >= 0.6 is 0 Å². The van der Waals surface area contributed by atoms with E-state index in [1.807, 2.05) is 0 Å². The molecule has 0 aromatic carbocycles. The van der Waals surface area contributed by atoms with Gasteiger partial charge in [-0.15, -0.1) is 0 Å². The van der Waals surface area contributed by atoms with Crippen molar-refractivity contribution in [1.29, 1.82) is 0 Å². The van der Waals surface area contributed by atoms with Gasteiger partial charge in [-0.05, 0) is 46.1 Å². The van der Waals surface area contributed by atoms with Gasteiger partial charge in [0, 0.05) is 24.7 Å². The summed E-state index contributed by atoms with van der Waals surface area (Å²) in [4.78, 5) is 2.74. The second-order valence-corrected chi connectivity index (χ2v) is 4.72. The van der Waals surface area contributed by atoms with Crippen molar-refractivity contribution in [2.24, 2.45) is 0 Å². The number of rotatable bonds is 1. The molecule has 1 N–H and O–H groups in total. The van der Waals surface area contributed by atoms with Crippen LogP contribution in [0.15, 0.2) is 0 Å². The third kappa shape index (κ3) is 1.89. The highest BCUT2D eigenvalue weighted by molar-refractivity contribution is 4.90. The fraction of sp³-hybridized carbons (Fsp3) is 1.00. The Kier molecular flexibility index (Phi) is 2.89. The quantitative estimate of drug-likeness (QED) is 0.663. The van der Waals surface area contributed by atoms with Gasteiger partial charge in [0.15, 0.2) is 0 Å². The highest BCUT2D eigenvalue weighted by Crippen LogP contribution is 2.28. The van der Waals surface area contributed by atoms with Crippen molar-refractivity contribution in [3.05, 3.63) is 0 Å². The molecule has 0 aliphatic carbocycles. The summed E-state index contributed by atoms with van der Waals surface area (Å²) in [5.74, 6) is 0. The van der Waals surface area contributed by atoms with Crippen LogP contribution in [0.25, 0.3) is 0 Å². The van der Waals surface area contributed by atoms with Gasteiger partial charge in [0.1, 0.15) is 0 Å². The maximum atomic E-state index is 3.51. The summed E-state index contributed by atoms with van der Waals surface area (Å²) in [6.07, 6.45) is 5.57. The predicted molar refractivity (Wildman–Crippen MR) is 55.9 cm³/mol. The van der Waals surface area contributed by atoms with E-state index in [0.29, 0.717) is 0 Å². The summed E-state index contributed by atoms with van der Waals surface area (Å²) in [5, 5.41) is 3.51. The first-order chi connectivity index (χ1) is 6.29. The zero-order valence-electron chi connectivity index (χ0n) is 8.92. The number of piperidine rings is 1. The lowest BCUT2D eigenvalue weighted by molar-refractivity contribution is 0.122. The van der Waals surface area contributed by atoms with Crippen LogP contribution in [0.5, 0.6) is 0 Å². The molecule has 2 saturated heterocycles. The second-order valence-electron chi connectivity index (χ2n) is 4.72. The molecular weight excluding hydrogens is 160 g/mol. The van der Waals surface area contributed by atoms with E-state index in [0.717, 1.165) is 18.1 Å². The third-order valence-electron chi connectivity index (χ3n) is 3.71. The van der Waals surface area contributed by atoms with E-state index in [4.69, 9.17) is 0 Å². The lowest BCUT2D eigenvalue weighted by Gasteiger charge is -2.37. The van der Waals surface area contributed by atoms with Crippen molar-refractivity contribution < 1.29 is 0 Å². The zero-order valence-corrected chi connectivity index (χ0v) is 8.92. The molecule has 0 amide bonds. The molecule has 3 atom stereocenters. The minimum Gasteiger partial charge on any atom is -0.315 e. The molecule has 0 spiro atoms. The topological polar surface area (TPSA) is 15.3 Å². The van der Waals surface area contributed by atoms with Gasteiger partial charge in [-0.3, -0.25) is 4.90 Å². The Morgan fingerprint density at radius 1 is 1.08 bits per heavy atom. The number of hydrogen-bond donors (Lipinski definition) is 1. The average molecular weight is 182 g/mol. The molecule has 76 valence electrons. The van der Waals surface area contributed by atoms with E-state index in [1.165, 1.54) is 38.8 Å².